The van der Waals surface area contributed by atoms with Gasteiger partial charge in [-0.05, 0) is 37.0 Å². The lowest BCUT2D eigenvalue weighted by Gasteiger charge is -2.26. The molecule has 1 aromatic carbocycles. The first kappa shape index (κ1) is 12.7. The number of nitrogens with one attached hydrogen (secondary N) is 1. The third-order valence-electron chi connectivity index (χ3n) is 3.07. The van der Waals surface area contributed by atoms with Crippen molar-refractivity contribution >= 4 is 27.3 Å². The molecule has 4 nitrogen and oxygen atoms in total. The van der Waals surface area contributed by atoms with Gasteiger partial charge in [0.2, 0.25) is 10.0 Å². The molecule has 1 fully saturated rings. The summed E-state index contributed by atoms with van der Waals surface area (Å²) in [6.07, 6.45) is 3.72. The molecular weight excluding hydrogens is 260 g/mol. The van der Waals surface area contributed by atoms with Crippen LogP contribution in [-0.2, 0) is 10.0 Å². The minimum Gasteiger partial charge on any atom is -0.384 e. The van der Waals surface area contributed by atoms with Gasteiger partial charge in [0.25, 0.3) is 0 Å². The number of hydrogen-bond donors (Lipinski definition) is 2. The van der Waals surface area contributed by atoms with Crippen LogP contribution in [0, 0.1) is 5.92 Å². The molecule has 94 valence electrons. The third-order valence-corrected chi connectivity index (χ3v) is 4.31. The monoisotopic (exact) mass is 274 g/mol. The van der Waals surface area contributed by atoms with Gasteiger partial charge in [0.1, 0.15) is 0 Å². The van der Waals surface area contributed by atoms with Crippen molar-refractivity contribution in [3.8, 4) is 0 Å². The van der Waals surface area contributed by atoms with Crippen LogP contribution in [0.5, 0.6) is 0 Å². The van der Waals surface area contributed by atoms with Crippen LogP contribution in [0.3, 0.4) is 0 Å². The van der Waals surface area contributed by atoms with Crippen molar-refractivity contribution in [2.24, 2.45) is 11.1 Å². The van der Waals surface area contributed by atoms with Gasteiger partial charge in [-0.1, -0.05) is 18.0 Å². The van der Waals surface area contributed by atoms with E-state index in [0.29, 0.717) is 16.6 Å². The number of benzene rings is 1. The molecule has 0 radical (unpaired) electrons. The van der Waals surface area contributed by atoms with E-state index in [9.17, 15) is 8.42 Å². The molecule has 1 saturated carbocycles. The van der Waals surface area contributed by atoms with Crippen LogP contribution in [0.1, 0.15) is 19.3 Å². The molecule has 0 aromatic heterocycles. The lowest BCUT2D eigenvalue weighted by atomic mass is 9.85. The van der Waals surface area contributed by atoms with E-state index in [0.717, 1.165) is 6.54 Å². The van der Waals surface area contributed by atoms with Crippen molar-refractivity contribution in [1.82, 2.24) is 0 Å². The first-order valence-corrected chi connectivity index (χ1v) is 7.45. The van der Waals surface area contributed by atoms with Crippen LogP contribution in [0.2, 0.25) is 5.02 Å². The molecule has 3 N–H and O–H groups in total. The Morgan fingerprint density at radius 3 is 2.65 bits per heavy atom. The molecular formula is C11H15ClN2O2S. The first-order valence-electron chi connectivity index (χ1n) is 5.53. The summed E-state index contributed by atoms with van der Waals surface area (Å²) in [7, 11) is -3.67. The number of rotatable bonds is 4. The molecule has 1 aliphatic rings. The molecule has 0 amide bonds. The van der Waals surface area contributed by atoms with E-state index >= 15 is 0 Å². The standard InChI is InChI=1S/C11H15ClN2O2S/c12-10-5-4-9(17(13,15)16)6-11(10)14-7-8-2-1-3-8/h4-6,8,14H,1-3,7H2,(H2,13,15,16). The molecule has 1 aliphatic carbocycles. The van der Waals surface area contributed by atoms with E-state index in [1.54, 1.807) is 6.07 Å². The third kappa shape index (κ3) is 3.12. The fourth-order valence-electron chi connectivity index (χ4n) is 1.77. The first-order chi connectivity index (χ1) is 7.97. The van der Waals surface area contributed by atoms with Gasteiger partial charge in [-0.25, -0.2) is 13.6 Å². The molecule has 0 unspecified atom stereocenters. The normalized spacial score (nSPS) is 16.6. The Hall–Kier alpha value is -0.780. The average Bonchev–Trinajstić information content (AvgIpc) is 2.16. The van der Waals surface area contributed by atoms with Crippen LogP contribution >= 0.6 is 11.6 Å². The van der Waals surface area contributed by atoms with Gasteiger partial charge in [0.05, 0.1) is 15.6 Å². The summed E-state index contributed by atoms with van der Waals surface area (Å²) < 4.78 is 22.4. The molecule has 0 aliphatic heterocycles. The summed E-state index contributed by atoms with van der Waals surface area (Å²) >= 11 is 5.99. The maximum absolute atomic E-state index is 11.2. The number of primary sulfonamides is 1. The topological polar surface area (TPSA) is 72.2 Å². The second-order valence-electron chi connectivity index (χ2n) is 4.36. The Balaban J connectivity index is 2.14. The van der Waals surface area contributed by atoms with Crippen LogP contribution < -0.4 is 10.5 Å². The van der Waals surface area contributed by atoms with E-state index in [2.05, 4.69) is 5.32 Å². The van der Waals surface area contributed by atoms with Crippen LogP contribution in [0.15, 0.2) is 23.1 Å². The Bertz CT molecular complexity index is 512. The van der Waals surface area contributed by atoms with Crippen LogP contribution in [-0.4, -0.2) is 15.0 Å². The molecule has 0 bridgehead atoms. The minimum absolute atomic E-state index is 0.0815. The van der Waals surface area contributed by atoms with Gasteiger partial charge < -0.3 is 5.32 Å². The lowest BCUT2D eigenvalue weighted by molar-refractivity contribution is 0.333. The zero-order valence-corrected chi connectivity index (χ0v) is 10.9. The Morgan fingerprint density at radius 2 is 2.12 bits per heavy atom. The van der Waals surface area contributed by atoms with Crippen molar-refractivity contribution in [3.05, 3.63) is 23.2 Å². The Kier molecular flexibility index (Phi) is 3.61. The second kappa shape index (κ2) is 4.84. The average molecular weight is 275 g/mol. The highest BCUT2D eigenvalue weighted by atomic mass is 35.5. The van der Waals surface area contributed by atoms with Crippen molar-refractivity contribution in [2.75, 3.05) is 11.9 Å². The highest BCUT2D eigenvalue weighted by Crippen LogP contribution is 2.29. The molecule has 0 spiro atoms. The predicted octanol–water partition coefficient (Wildman–Crippen LogP) is 2.20. The maximum atomic E-state index is 11.2. The van der Waals surface area contributed by atoms with E-state index in [4.69, 9.17) is 16.7 Å². The highest BCUT2D eigenvalue weighted by molar-refractivity contribution is 7.89. The second-order valence-corrected chi connectivity index (χ2v) is 6.33. The molecule has 0 atom stereocenters. The number of nitrogens with two attached hydrogens (primary N) is 1. The van der Waals surface area contributed by atoms with Crippen LogP contribution in [0.4, 0.5) is 5.69 Å². The van der Waals surface area contributed by atoms with Crippen molar-refractivity contribution in [2.45, 2.75) is 24.2 Å². The zero-order valence-electron chi connectivity index (χ0n) is 9.32. The number of anilines is 1. The van der Waals surface area contributed by atoms with Crippen LogP contribution in [0.25, 0.3) is 0 Å². The van der Waals surface area contributed by atoms with E-state index in [-0.39, 0.29) is 4.90 Å². The van der Waals surface area contributed by atoms with Gasteiger partial charge in [-0.3, -0.25) is 0 Å². The predicted molar refractivity (Wildman–Crippen MR) is 68.7 cm³/mol. The zero-order chi connectivity index (χ0) is 12.5. The number of sulfonamides is 1. The van der Waals surface area contributed by atoms with Gasteiger partial charge in [0, 0.05) is 6.54 Å². The Morgan fingerprint density at radius 1 is 1.41 bits per heavy atom. The van der Waals surface area contributed by atoms with E-state index in [1.807, 2.05) is 0 Å². The molecule has 2 rings (SSSR count). The summed E-state index contributed by atoms with van der Waals surface area (Å²) in [6, 6.07) is 4.44. The van der Waals surface area contributed by atoms with E-state index in [1.165, 1.54) is 31.4 Å². The van der Waals surface area contributed by atoms with Gasteiger partial charge in [-0.15, -0.1) is 0 Å². The minimum atomic E-state index is -3.67. The Labute approximate surface area is 106 Å². The molecule has 6 heteroatoms. The summed E-state index contributed by atoms with van der Waals surface area (Å²) in [6.45, 7) is 0.827. The summed E-state index contributed by atoms with van der Waals surface area (Å²) in [5, 5.41) is 8.76. The highest BCUT2D eigenvalue weighted by Gasteiger charge is 2.17. The van der Waals surface area contributed by atoms with Crippen molar-refractivity contribution in [1.29, 1.82) is 0 Å². The molecule has 0 heterocycles. The largest absolute Gasteiger partial charge is 0.384 e. The van der Waals surface area contributed by atoms with Crippen molar-refractivity contribution in [3.63, 3.8) is 0 Å². The fraction of sp³-hybridized carbons (Fsp3) is 0.455. The quantitative estimate of drug-likeness (QED) is 0.884. The lowest BCUT2D eigenvalue weighted by Crippen LogP contribution is -2.21. The SMILES string of the molecule is NS(=O)(=O)c1ccc(Cl)c(NCC2CCC2)c1. The summed E-state index contributed by atoms with van der Waals surface area (Å²) in [5.74, 6) is 0.671. The summed E-state index contributed by atoms with van der Waals surface area (Å²) in [4.78, 5) is 0.0815. The summed E-state index contributed by atoms with van der Waals surface area (Å²) in [5.41, 5.74) is 0.630. The molecule has 17 heavy (non-hydrogen) atoms. The number of hydrogen-bond acceptors (Lipinski definition) is 3. The van der Waals surface area contributed by atoms with Gasteiger partial charge >= 0.3 is 0 Å². The molecule has 0 saturated heterocycles. The van der Waals surface area contributed by atoms with Gasteiger partial charge in [0.15, 0.2) is 0 Å². The smallest absolute Gasteiger partial charge is 0.238 e. The van der Waals surface area contributed by atoms with E-state index < -0.39 is 10.0 Å². The number of halogens is 1. The molecule has 1 aromatic rings. The fourth-order valence-corrected chi connectivity index (χ4v) is 2.49. The van der Waals surface area contributed by atoms with Gasteiger partial charge in [-0.2, -0.15) is 0 Å². The van der Waals surface area contributed by atoms with Crippen molar-refractivity contribution < 1.29 is 8.42 Å². The maximum Gasteiger partial charge on any atom is 0.238 e.